The van der Waals surface area contributed by atoms with E-state index in [-0.39, 0.29) is 21.0 Å². The van der Waals surface area contributed by atoms with Gasteiger partial charge in [0, 0.05) is 11.3 Å². The van der Waals surface area contributed by atoms with E-state index in [0.717, 1.165) is 5.56 Å². The number of halogens is 1. The molecular weight excluding hydrogens is 452 g/mol. The van der Waals surface area contributed by atoms with Crippen molar-refractivity contribution in [1.82, 2.24) is 0 Å². The third kappa shape index (κ3) is 5.09. The summed E-state index contributed by atoms with van der Waals surface area (Å²) >= 11 is 6.00. The third-order valence-electron chi connectivity index (χ3n) is 4.76. The molecule has 3 aromatic rings. The molecule has 0 bridgehead atoms. The molecule has 166 valence electrons. The van der Waals surface area contributed by atoms with Crippen LogP contribution in [0.5, 0.6) is 0 Å². The average Bonchev–Trinajstić information content (AvgIpc) is 2.76. The Hall–Kier alpha value is -3.36. The molecule has 0 aliphatic carbocycles. The molecule has 0 fully saturated rings. The lowest BCUT2D eigenvalue weighted by atomic mass is 10.1. The van der Waals surface area contributed by atoms with Gasteiger partial charge in [-0.3, -0.25) is 9.52 Å². The SMILES string of the molecule is COC(=O)c1cc(NC(=O)c2ccc(C)c(S(=O)(=O)Nc3ccccc3C)c2)ccc1Cl. The predicted octanol–water partition coefficient (Wildman–Crippen LogP) is 4.80. The fourth-order valence-corrected chi connectivity index (χ4v) is 4.59. The van der Waals surface area contributed by atoms with Crippen LogP contribution < -0.4 is 10.0 Å². The maximum absolute atomic E-state index is 13.0. The molecule has 2 N–H and O–H groups in total. The number of nitrogens with one attached hydrogen (secondary N) is 2. The summed E-state index contributed by atoms with van der Waals surface area (Å²) in [4.78, 5) is 24.6. The lowest BCUT2D eigenvalue weighted by molar-refractivity contribution is 0.0600. The van der Waals surface area contributed by atoms with E-state index in [9.17, 15) is 18.0 Å². The van der Waals surface area contributed by atoms with Crippen LogP contribution in [0.3, 0.4) is 0 Å². The highest BCUT2D eigenvalue weighted by Gasteiger charge is 2.20. The quantitative estimate of drug-likeness (QED) is 0.502. The molecule has 0 heterocycles. The molecule has 0 atom stereocenters. The van der Waals surface area contributed by atoms with Crippen molar-refractivity contribution in [2.24, 2.45) is 0 Å². The number of carbonyl (C=O) groups excluding carboxylic acids is 2. The molecule has 32 heavy (non-hydrogen) atoms. The molecule has 0 radical (unpaired) electrons. The summed E-state index contributed by atoms with van der Waals surface area (Å²) in [6.45, 7) is 3.44. The zero-order valence-electron chi connectivity index (χ0n) is 17.6. The lowest BCUT2D eigenvalue weighted by Gasteiger charge is -2.14. The van der Waals surface area contributed by atoms with Gasteiger partial charge in [-0.1, -0.05) is 35.9 Å². The summed E-state index contributed by atoms with van der Waals surface area (Å²) < 4.78 is 33.2. The molecule has 3 aromatic carbocycles. The molecule has 1 amide bonds. The number of rotatable bonds is 6. The number of para-hydroxylation sites is 1. The van der Waals surface area contributed by atoms with Gasteiger partial charge in [0.25, 0.3) is 15.9 Å². The smallest absolute Gasteiger partial charge is 0.339 e. The normalized spacial score (nSPS) is 11.0. The summed E-state index contributed by atoms with van der Waals surface area (Å²) in [7, 11) is -2.71. The molecular formula is C23H21ClN2O5S. The monoisotopic (exact) mass is 472 g/mol. The summed E-state index contributed by atoms with van der Waals surface area (Å²) in [5.74, 6) is -1.19. The van der Waals surface area contributed by atoms with Gasteiger partial charge in [-0.05, 0) is 61.4 Å². The number of aryl methyl sites for hydroxylation is 2. The van der Waals surface area contributed by atoms with Gasteiger partial charge < -0.3 is 10.1 Å². The Labute approximate surface area is 191 Å². The summed E-state index contributed by atoms with van der Waals surface area (Å²) in [5.41, 5.74) is 2.26. The Morgan fingerprint density at radius 1 is 0.938 bits per heavy atom. The van der Waals surface area contributed by atoms with Crippen molar-refractivity contribution in [1.29, 1.82) is 0 Å². The molecule has 0 aliphatic heterocycles. The Bertz CT molecular complexity index is 1310. The minimum absolute atomic E-state index is 0.0141. The van der Waals surface area contributed by atoms with Crippen LogP contribution in [0.15, 0.2) is 65.6 Å². The van der Waals surface area contributed by atoms with Gasteiger partial charge in [-0.25, -0.2) is 13.2 Å². The van der Waals surface area contributed by atoms with Crippen molar-refractivity contribution in [2.75, 3.05) is 17.1 Å². The fraction of sp³-hybridized carbons (Fsp3) is 0.130. The van der Waals surface area contributed by atoms with Crippen LogP contribution in [0.2, 0.25) is 5.02 Å². The minimum Gasteiger partial charge on any atom is -0.465 e. The van der Waals surface area contributed by atoms with Crippen molar-refractivity contribution < 1.29 is 22.7 Å². The minimum atomic E-state index is -3.93. The molecule has 9 heteroatoms. The number of benzene rings is 3. The van der Waals surface area contributed by atoms with Crippen LogP contribution >= 0.6 is 11.6 Å². The van der Waals surface area contributed by atoms with Crippen molar-refractivity contribution in [3.63, 3.8) is 0 Å². The molecule has 7 nitrogen and oxygen atoms in total. The zero-order chi connectivity index (χ0) is 23.5. The Morgan fingerprint density at radius 2 is 1.66 bits per heavy atom. The van der Waals surface area contributed by atoms with Gasteiger partial charge in [0.2, 0.25) is 0 Å². The average molecular weight is 473 g/mol. The second-order valence-corrected chi connectivity index (χ2v) is 9.10. The van der Waals surface area contributed by atoms with Gasteiger partial charge in [0.15, 0.2) is 0 Å². The van der Waals surface area contributed by atoms with E-state index in [0.29, 0.717) is 16.9 Å². The van der Waals surface area contributed by atoms with Gasteiger partial charge in [-0.15, -0.1) is 0 Å². The molecule has 0 unspecified atom stereocenters. The molecule has 0 aromatic heterocycles. The Morgan fingerprint density at radius 3 is 2.34 bits per heavy atom. The van der Waals surface area contributed by atoms with Gasteiger partial charge >= 0.3 is 5.97 Å². The molecule has 0 aliphatic rings. The highest BCUT2D eigenvalue weighted by atomic mass is 35.5. The van der Waals surface area contributed by atoms with Crippen LogP contribution in [0, 0.1) is 13.8 Å². The second kappa shape index (κ2) is 9.42. The number of anilines is 2. The molecule has 0 saturated carbocycles. The molecule has 0 spiro atoms. The van der Waals surface area contributed by atoms with Gasteiger partial charge in [0.1, 0.15) is 0 Å². The van der Waals surface area contributed by atoms with E-state index < -0.39 is 21.9 Å². The summed E-state index contributed by atoms with van der Waals surface area (Å²) in [6.07, 6.45) is 0. The van der Waals surface area contributed by atoms with Crippen LogP contribution in [-0.2, 0) is 14.8 Å². The first kappa shape index (κ1) is 23.3. The Balaban J connectivity index is 1.89. The maximum Gasteiger partial charge on any atom is 0.339 e. The second-order valence-electron chi connectivity index (χ2n) is 7.04. The first-order chi connectivity index (χ1) is 15.1. The van der Waals surface area contributed by atoms with E-state index in [2.05, 4.69) is 14.8 Å². The van der Waals surface area contributed by atoms with Crippen molar-refractivity contribution in [2.45, 2.75) is 18.7 Å². The van der Waals surface area contributed by atoms with Gasteiger partial charge in [0.05, 0.1) is 28.3 Å². The van der Waals surface area contributed by atoms with Crippen molar-refractivity contribution in [3.05, 3.63) is 87.9 Å². The number of hydrogen-bond donors (Lipinski definition) is 2. The topological polar surface area (TPSA) is 102 Å². The van der Waals surface area contributed by atoms with Gasteiger partial charge in [-0.2, -0.15) is 0 Å². The predicted molar refractivity (Wildman–Crippen MR) is 124 cm³/mol. The number of methoxy groups -OCH3 is 1. The molecule has 0 saturated heterocycles. The lowest BCUT2D eigenvalue weighted by Crippen LogP contribution is -2.17. The van der Waals surface area contributed by atoms with E-state index >= 15 is 0 Å². The maximum atomic E-state index is 13.0. The Kier molecular flexibility index (Phi) is 6.86. The number of esters is 1. The first-order valence-corrected chi connectivity index (χ1v) is 11.4. The highest BCUT2D eigenvalue weighted by Crippen LogP contribution is 2.25. The van der Waals surface area contributed by atoms with Crippen LogP contribution in [0.4, 0.5) is 11.4 Å². The van der Waals surface area contributed by atoms with Crippen LogP contribution in [0.25, 0.3) is 0 Å². The van der Waals surface area contributed by atoms with Crippen molar-refractivity contribution >= 4 is 44.9 Å². The number of sulfonamides is 1. The largest absolute Gasteiger partial charge is 0.465 e. The van der Waals surface area contributed by atoms with E-state index in [1.165, 1.54) is 37.4 Å². The number of ether oxygens (including phenoxy) is 1. The first-order valence-electron chi connectivity index (χ1n) is 9.50. The van der Waals surface area contributed by atoms with Crippen LogP contribution in [0.1, 0.15) is 31.8 Å². The van der Waals surface area contributed by atoms with E-state index in [1.807, 2.05) is 6.07 Å². The number of amides is 1. The van der Waals surface area contributed by atoms with E-state index in [4.69, 9.17) is 11.6 Å². The zero-order valence-corrected chi connectivity index (χ0v) is 19.2. The summed E-state index contributed by atoms with van der Waals surface area (Å²) in [5, 5.41) is 2.82. The standard InChI is InChI=1S/C23H21ClN2O5S/c1-14-6-4-5-7-20(14)26-32(29,30)21-12-16(9-8-15(21)2)22(27)25-17-10-11-19(24)18(13-17)23(28)31-3/h4-13,26H,1-3H3,(H,25,27). The fourth-order valence-electron chi connectivity index (χ4n) is 2.99. The third-order valence-corrected chi connectivity index (χ3v) is 6.60. The van der Waals surface area contributed by atoms with E-state index in [1.54, 1.807) is 38.1 Å². The number of hydrogen-bond acceptors (Lipinski definition) is 5. The van der Waals surface area contributed by atoms with Crippen LogP contribution in [-0.4, -0.2) is 27.4 Å². The summed E-state index contributed by atoms with van der Waals surface area (Å²) in [6, 6.07) is 15.8. The van der Waals surface area contributed by atoms with Crippen molar-refractivity contribution in [3.8, 4) is 0 Å². The molecule has 3 rings (SSSR count). The number of carbonyl (C=O) groups is 2. The highest BCUT2D eigenvalue weighted by molar-refractivity contribution is 7.92.